The third-order valence-corrected chi connectivity index (χ3v) is 4.01. The lowest BCUT2D eigenvalue weighted by Crippen LogP contribution is -2.11. The van der Waals surface area contributed by atoms with Gasteiger partial charge in [0.25, 0.3) is 10.0 Å². The van der Waals surface area contributed by atoms with Gasteiger partial charge in [0, 0.05) is 23.3 Å². The fourth-order valence-corrected chi connectivity index (χ4v) is 3.00. The highest BCUT2D eigenvalue weighted by atomic mass is 32.2. The van der Waals surface area contributed by atoms with Crippen LogP contribution in [0.5, 0.6) is 0 Å². The number of H-pyrrole nitrogens is 2. The molecule has 2 heterocycles. The largest absolute Gasteiger partial charge is 0.360 e. The van der Waals surface area contributed by atoms with E-state index in [2.05, 4.69) is 19.9 Å². The maximum Gasteiger partial charge on any atom is 0.264 e. The molecule has 0 saturated heterocycles. The highest BCUT2D eigenvalue weighted by molar-refractivity contribution is 7.93. The summed E-state index contributed by atoms with van der Waals surface area (Å²) in [5.41, 5.74) is 1.19. The van der Waals surface area contributed by atoms with Crippen LogP contribution in [0, 0.1) is 0 Å². The van der Waals surface area contributed by atoms with Crippen LogP contribution in [0.25, 0.3) is 10.9 Å². The molecule has 0 saturated carbocycles. The van der Waals surface area contributed by atoms with Crippen molar-refractivity contribution in [1.29, 1.82) is 0 Å². The molecular weight excluding hydrogens is 252 g/mol. The lowest BCUT2D eigenvalue weighted by molar-refractivity contribution is 0.602. The van der Waals surface area contributed by atoms with Gasteiger partial charge in [-0.2, -0.15) is 5.10 Å². The average molecular weight is 262 g/mol. The summed E-state index contributed by atoms with van der Waals surface area (Å²) in [6.07, 6.45) is 4.37. The van der Waals surface area contributed by atoms with Crippen molar-refractivity contribution in [2.24, 2.45) is 0 Å². The summed E-state index contributed by atoms with van der Waals surface area (Å²) in [6.45, 7) is 0. The molecule has 0 unspecified atom stereocenters. The van der Waals surface area contributed by atoms with Gasteiger partial charge in [-0.1, -0.05) is 18.2 Å². The minimum Gasteiger partial charge on any atom is -0.360 e. The van der Waals surface area contributed by atoms with Crippen LogP contribution in [0.4, 0.5) is 5.69 Å². The van der Waals surface area contributed by atoms with E-state index in [-0.39, 0.29) is 4.90 Å². The fraction of sp³-hybridized carbons (Fsp3) is 0. The van der Waals surface area contributed by atoms with Crippen LogP contribution in [0.15, 0.2) is 47.8 Å². The third-order valence-electron chi connectivity index (χ3n) is 2.59. The number of nitrogens with zero attached hydrogens (tertiary/aromatic N) is 1. The number of aromatic amines is 2. The van der Waals surface area contributed by atoms with Crippen molar-refractivity contribution >= 4 is 26.6 Å². The van der Waals surface area contributed by atoms with E-state index >= 15 is 0 Å². The third kappa shape index (κ3) is 1.74. The zero-order valence-electron chi connectivity index (χ0n) is 9.21. The first-order valence-corrected chi connectivity index (χ1v) is 6.73. The minimum atomic E-state index is -3.61. The monoisotopic (exact) mass is 262 g/mol. The van der Waals surface area contributed by atoms with Gasteiger partial charge in [0.05, 0.1) is 11.9 Å². The molecule has 0 amide bonds. The molecule has 6 nitrogen and oxygen atoms in total. The molecule has 0 aliphatic rings. The molecule has 3 rings (SSSR count). The molecule has 0 atom stereocenters. The molecule has 0 bridgehead atoms. The van der Waals surface area contributed by atoms with E-state index < -0.39 is 10.0 Å². The SMILES string of the molecule is O=S(=O)(Nc1cn[nH]c1)c1c[nH]c2ccccc12. The van der Waals surface area contributed by atoms with Gasteiger partial charge in [0.1, 0.15) is 4.90 Å². The summed E-state index contributed by atoms with van der Waals surface area (Å²) in [5, 5.41) is 6.90. The van der Waals surface area contributed by atoms with Crippen LogP contribution >= 0.6 is 0 Å². The molecule has 0 fully saturated rings. The highest BCUT2D eigenvalue weighted by Crippen LogP contribution is 2.24. The molecule has 1 aromatic carbocycles. The Hall–Kier alpha value is -2.28. The summed E-state index contributed by atoms with van der Waals surface area (Å²) in [7, 11) is -3.61. The number of hydrogen-bond donors (Lipinski definition) is 3. The Morgan fingerprint density at radius 3 is 2.78 bits per heavy atom. The zero-order valence-corrected chi connectivity index (χ0v) is 10.0. The van der Waals surface area contributed by atoms with Crippen molar-refractivity contribution in [3.05, 3.63) is 42.9 Å². The van der Waals surface area contributed by atoms with Crippen LogP contribution in [0.3, 0.4) is 0 Å². The second kappa shape index (κ2) is 3.88. The Labute approximate surface area is 103 Å². The molecule has 3 N–H and O–H groups in total. The second-order valence-corrected chi connectivity index (χ2v) is 5.44. The van der Waals surface area contributed by atoms with E-state index in [1.165, 1.54) is 18.6 Å². The number of hydrogen-bond acceptors (Lipinski definition) is 3. The molecule has 3 aromatic rings. The van der Waals surface area contributed by atoms with Gasteiger partial charge in [0.15, 0.2) is 0 Å². The number of nitrogens with one attached hydrogen (secondary N) is 3. The first-order chi connectivity index (χ1) is 8.67. The van der Waals surface area contributed by atoms with Crippen molar-refractivity contribution in [2.75, 3.05) is 4.72 Å². The normalized spacial score (nSPS) is 11.8. The Kier molecular flexibility index (Phi) is 2.34. The summed E-state index contributed by atoms with van der Waals surface area (Å²) in [4.78, 5) is 3.15. The number of benzene rings is 1. The predicted octanol–water partition coefficient (Wildman–Crippen LogP) is 1.69. The van der Waals surface area contributed by atoms with E-state index in [1.54, 1.807) is 12.1 Å². The van der Waals surface area contributed by atoms with Crippen LogP contribution < -0.4 is 4.72 Å². The Morgan fingerprint density at radius 2 is 2.00 bits per heavy atom. The van der Waals surface area contributed by atoms with Gasteiger partial charge in [0.2, 0.25) is 0 Å². The van der Waals surface area contributed by atoms with Gasteiger partial charge >= 0.3 is 0 Å². The summed E-state index contributed by atoms with van der Waals surface area (Å²) in [6, 6.07) is 7.23. The van der Waals surface area contributed by atoms with E-state index in [0.29, 0.717) is 11.1 Å². The van der Waals surface area contributed by atoms with E-state index in [0.717, 1.165) is 5.52 Å². The van der Waals surface area contributed by atoms with E-state index in [1.807, 2.05) is 12.1 Å². The van der Waals surface area contributed by atoms with E-state index in [4.69, 9.17) is 0 Å². The number of rotatable bonds is 3. The van der Waals surface area contributed by atoms with Gasteiger partial charge in [-0.3, -0.25) is 9.82 Å². The van der Waals surface area contributed by atoms with Gasteiger partial charge in [-0.25, -0.2) is 8.42 Å². The standard InChI is InChI=1S/C11H10N4O2S/c16-18(17,15-8-5-13-14-6-8)11-7-12-10-4-2-1-3-9(10)11/h1-7,12,15H,(H,13,14). The molecule has 2 aromatic heterocycles. The average Bonchev–Trinajstić information content (AvgIpc) is 2.96. The van der Waals surface area contributed by atoms with Crippen LogP contribution in [-0.2, 0) is 10.0 Å². The molecule has 7 heteroatoms. The molecule has 0 spiro atoms. The van der Waals surface area contributed by atoms with Crippen LogP contribution in [0.1, 0.15) is 0 Å². The molecular formula is C11H10N4O2S. The molecule has 0 aliphatic carbocycles. The van der Waals surface area contributed by atoms with Crippen molar-refractivity contribution in [1.82, 2.24) is 15.2 Å². The lowest BCUT2D eigenvalue weighted by atomic mass is 10.2. The number of fused-ring (bicyclic) bond motifs is 1. The van der Waals surface area contributed by atoms with Crippen molar-refractivity contribution in [3.8, 4) is 0 Å². The van der Waals surface area contributed by atoms with Gasteiger partial charge < -0.3 is 4.98 Å². The minimum absolute atomic E-state index is 0.222. The van der Waals surface area contributed by atoms with Crippen LogP contribution in [0.2, 0.25) is 0 Å². The summed E-state index contributed by atoms with van der Waals surface area (Å²) >= 11 is 0. The number of sulfonamides is 1. The van der Waals surface area contributed by atoms with Gasteiger partial charge in [-0.05, 0) is 6.07 Å². The Balaban J connectivity index is 2.08. The van der Waals surface area contributed by atoms with E-state index in [9.17, 15) is 8.42 Å². The molecule has 18 heavy (non-hydrogen) atoms. The molecule has 92 valence electrons. The molecule has 0 radical (unpaired) electrons. The predicted molar refractivity (Wildman–Crippen MR) is 67.7 cm³/mol. The first-order valence-electron chi connectivity index (χ1n) is 5.24. The lowest BCUT2D eigenvalue weighted by Gasteiger charge is -2.03. The topological polar surface area (TPSA) is 90.6 Å². The van der Waals surface area contributed by atoms with Crippen molar-refractivity contribution in [3.63, 3.8) is 0 Å². The maximum absolute atomic E-state index is 12.2. The fourth-order valence-electron chi connectivity index (χ4n) is 1.78. The Morgan fingerprint density at radius 1 is 1.17 bits per heavy atom. The molecule has 0 aliphatic heterocycles. The summed E-state index contributed by atoms with van der Waals surface area (Å²) in [5.74, 6) is 0. The maximum atomic E-state index is 12.2. The van der Waals surface area contributed by atoms with Gasteiger partial charge in [-0.15, -0.1) is 0 Å². The quantitative estimate of drug-likeness (QED) is 0.670. The number of aromatic nitrogens is 3. The second-order valence-electron chi connectivity index (χ2n) is 3.79. The zero-order chi connectivity index (χ0) is 12.6. The highest BCUT2D eigenvalue weighted by Gasteiger charge is 2.18. The van der Waals surface area contributed by atoms with Crippen molar-refractivity contribution < 1.29 is 8.42 Å². The van der Waals surface area contributed by atoms with Crippen molar-refractivity contribution in [2.45, 2.75) is 4.90 Å². The summed E-state index contributed by atoms with van der Waals surface area (Å²) < 4.78 is 26.9. The first kappa shape index (κ1) is 10.8. The number of anilines is 1. The van der Waals surface area contributed by atoms with Crippen LogP contribution in [-0.4, -0.2) is 23.6 Å². The Bertz CT molecular complexity index is 774. The number of para-hydroxylation sites is 1. The smallest absolute Gasteiger partial charge is 0.264 e.